The summed E-state index contributed by atoms with van der Waals surface area (Å²) >= 11 is 5.67. The number of alkyl halides is 3. The second kappa shape index (κ2) is 7.15. The van der Waals surface area contributed by atoms with Crippen LogP contribution in [0.3, 0.4) is 0 Å². The molecular weight excluding hydrogens is 388 g/mol. The summed E-state index contributed by atoms with van der Waals surface area (Å²) in [4.78, 5) is 12.2. The molecule has 0 unspecified atom stereocenters. The molecule has 10 heteroatoms. The number of hydrogen-bond acceptors (Lipinski definition) is 3. The zero-order valence-corrected chi connectivity index (χ0v) is 14.7. The SMILES string of the molecule is Cc1c(Cl)c(C(F)(F)F)nn1CC(=O)Cc1cnn(-c2ccc(F)cc2)c1. The van der Waals surface area contributed by atoms with E-state index in [0.29, 0.717) is 11.3 Å². The molecule has 3 aromatic rings. The molecular formula is C17H13ClF4N4O. The lowest BCUT2D eigenvalue weighted by Gasteiger charge is -2.03. The fourth-order valence-electron chi connectivity index (χ4n) is 2.50. The van der Waals surface area contributed by atoms with E-state index in [1.165, 1.54) is 42.1 Å². The van der Waals surface area contributed by atoms with Crippen LogP contribution in [-0.2, 0) is 23.9 Å². The van der Waals surface area contributed by atoms with Gasteiger partial charge in [0.2, 0.25) is 0 Å². The Morgan fingerprint density at radius 2 is 1.89 bits per heavy atom. The molecule has 27 heavy (non-hydrogen) atoms. The maximum atomic E-state index is 13.0. The Labute approximate surface area is 156 Å². The van der Waals surface area contributed by atoms with Crippen LogP contribution in [0.5, 0.6) is 0 Å². The number of ketones is 1. The third-order valence-corrected chi connectivity index (χ3v) is 4.31. The standard InChI is InChI=1S/C17H13ClF4N4O/c1-10-15(18)16(17(20,21)22)24-25(10)9-14(27)6-11-7-23-26(8-11)13-4-2-12(19)3-5-13/h2-5,7-8H,6,9H2,1H3. The number of benzene rings is 1. The van der Waals surface area contributed by atoms with Gasteiger partial charge in [0.05, 0.1) is 22.6 Å². The Balaban J connectivity index is 1.71. The van der Waals surface area contributed by atoms with Crippen LogP contribution in [-0.4, -0.2) is 25.3 Å². The van der Waals surface area contributed by atoms with Crippen LogP contribution in [0, 0.1) is 12.7 Å². The molecule has 0 aliphatic carbocycles. The quantitative estimate of drug-likeness (QED) is 0.608. The number of nitrogens with zero attached hydrogens (tertiary/aromatic N) is 4. The minimum Gasteiger partial charge on any atom is -0.297 e. The first kappa shape index (κ1) is 19.1. The van der Waals surface area contributed by atoms with Crippen LogP contribution >= 0.6 is 11.6 Å². The van der Waals surface area contributed by atoms with Crippen LogP contribution in [0.15, 0.2) is 36.7 Å². The summed E-state index contributed by atoms with van der Waals surface area (Å²) in [6.45, 7) is 1.02. The first-order valence-corrected chi connectivity index (χ1v) is 8.14. The van der Waals surface area contributed by atoms with Crippen molar-refractivity contribution in [2.45, 2.75) is 26.1 Å². The Hall–Kier alpha value is -2.68. The summed E-state index contributed by atoms with van der Waals surface area (Å²) in [7, 11) is 0. The van der Waals surface area contributed by atoms with E-state index < -0.39 is 16.9 Å². The summed E-state index contributed by atoms with van der Waals surface area (Å²) in [6, 6.07) is 5.62. The van der Waals surface area contributed by atoms with Crippen LogP contribution < -0.4 is 0 Å². The van der Waals surface area contributed by atoms with E-state index in [1.807, 2.05) is 0 Å². The van der Waals surface area contributed by atoms with Gasteiger partial charge >= 0.3 is 6.18 Å². The molecule has 2 heterocycles. The molecule has 0 saturated carbocycles. The van der Waals surface area contributed by atoms with Crippen molar-refractivity contribution in [3.8, 4) is 5.69 Å². The molecule has 0 saturated heterocycles. The molecule has 0 atom stereocenters. The van der Waals surface area contributed by atoms with Gasteiger partial charge in [-0.3, -0.25) is 9.48 Å². The van der Waals surface area contributed by atoms with Gasteiger partial charge in [0.1, 0.15) is 12.4 Å². The van der Waals surface area contributed by atoms with Crippen LogP contribution in [0.2, 0.25) is 5.02 Å². The van der Waals surface area contributed by atoms with Gasteiger partial charge in [0.25, 0.3) is 0 Å². The van der Waals surface area contributed by atoms with Crippen molar-refractivity contribution in [1.29, 1.82) is 0 Å². The maximum Gasteiger partial charge on any atom is 0.436 e. The van der Waals surface area contributed by atoms with E-state index in [1.54, 1.807) is 6.20 Å². The highest BCUT2D eigenvalue weighted by atomic mass is 35.5. The lowest BCUT2D eigenvalue weighted by Crippen LogP contribution is -2.15. The Kier molecular flexibility index (Phi) is 5.05. The summed E-state index contributed by atoms with van der Waals surface area (Å²) in [5.74, 6) is -0.738. The first-order valence-electron chi connectivity index (χ1n) is 7.76. The Morgan fingerprint density at radius 1 is 1.22 bits per heavy atom. The zero-order valence-electron chi connectivity index (χ0n) is 14.0. The molecule has 0 radical (unpaired) electrons. The van der Waals surface area contributed by atoms with E-state index in [0.717, 1.165) is 4.68 Å². The third kappa shape index (κ3) is 4.19. The average Bonchev–Trinajstić information content (AvgIpc) is 3.15. The topological polar surface area (TPSA) is 52.7 Å². The van der Waals surface area contributed by atoms with E-state index in [2.05, 4.69) is 10.2 Å². The summed E-state index contributed by atoms with van der Waals surface area (Å²) < 4.78 is 53.9. The molecule has 0 bridgehead atoms. The molecule has 0 aliphatic rings. The summed E-state index contributed by atoms with van der Waals surface area (Å²) in [5.41, 5.74) is 0.0360. The molecule has 2 aromatic heterocycles. The van der Waals surface area contributed by atoms with E-state index in [9.17, 15) is 22.4 Å². The predicted molar refractivity (Wildman–Crippen MR) is 89.2 cm³/mol. The van der Waals surface area contributed by atoms with Crippen molar-refractivity contribution in [2.24, 2.45) is 0 Å². The number of rotatable bonds is 5. The van der Waals surface area contributed by atoms with Crippen molar-refractivity contribution in [2.75, 3.05) is 0 Å². The van der Waals surface area contributed by atoms with Crippen molar-refractivity contribution in [3.05, 3.63) is 64.5 Å². The number of hydrogen-bond donors (Lipinski definition) is 0. The molecule has 0 aliphatic heterocycles. The lowest BCUT2D eigenvalue weighted by atomic mass is 10.2. The molecule has 0 spiro atoms. The number of carbonyl (C=O) groups excluding carboxylic acids is 1. The van der Waals surface area contributed by atoms with Gasteiger partial charge in [-0.25, -0.2) is 9.07 Å². The number of aromatic nitrogens is 4. The van der Waals surface area contributed by atoms with Gasteiger partial charge in [-0.1, -0.05) is 11.6 Å². The van der Waals surface area contributed by atoms with E-state index in [4.69, 9.17) is 11.6 Å². The maximum absolute atomic E-state index is 13.0. The second-order valence-electron chi connectivity index (χ2n) is 5.89. The largest absolute Gasteiger partial charge is 0.436 e. The highest BCUT2D eigenvalue weighted by Gasteiger charge is 2.38. The van der Waals surface area contributed by atoms with E-state index >= 15 is 0 Å². The zero-order chi connectivity index (χ0) is 19.8. The van der Waals surface area contributed by atoms with Gasteiger partial charge < -0.3 is 0 Å². The molecule has 1 aromatic carbocycles. The molecule has 0 N–H and O–H groups in total. The van der Waals surface area contributed by atoms with Crippen molar-refractivity contribution in [1.82, 2.24) is 19.6 Å². The molecule has 0 amide bonds. The van der Waals surface area contributed by atoms with Crippen LogP contribution in [0.1, 0.15) is 17.0 Å². The van der Waals surface area contributed by atoms with Gasteiger partial charge in [0, 0.05) is 12.6 Å². The highest BCUT2D eigenvalue weighted by Crippen LogP contribution is 2.35. The minimum atomic E-state index is -4.69. The van der Waals surface area contributed by atoms with Crippen LogP contribution in [0.25, 0.3) is 5.69 Å². The fourth-order valence-corrected chi connectivity index (χ4v) is 2.74. The monoisotopic (exact) mass is 400 g/mol. The molecule has 5 nitrogen and oxygen atoms in total. The fraction of sp³-hybridized carbons (Fsp3) is 0.235. The van der Waals surface area contributed by atoms with Gasteiger partial charge in [-0.2, -0.15) is 23.4 Å². The molecule has 0 fully saturated rings. The molecule has 142 valence electrons. The Bertz CT molecular complexity index is 976. The lowest BCUT2D eigenvalue weighted by molar-refractivity contribution is -0.141. The normalized spacial score (nSPS) is 11.8. The molecule has 3 rings (SSSR count). The second-order valence-corrected chi connectivity index (χ2v) is 6.27. The summed E-state index contributed by atoms with van der Waals surface area (Å²) in [6.07, 6.45) is -1.67. The first-order chi connectivity index (χ1) is 12.6. The Morgan fingerprint density at radius 3 is 2.48 bits per heavy atom. The number of carbonyl (C=O) groups is 1. The number of halogens is 5. The van der Waals surface area contributed by atoms with Gasteiger partial charge in [0.15, 0.2) is 11.5 Å². The van der Waals surface area contributed by atoms with E-state index in [-0.39, 0.29) is 30.3 Å². The van der Waals surface area contributed by atoms with Gasteiger partial charge in [-0.15, -0.1) is 0 Å². The average molecular weight is 401 g/mol. The highest BCUT2D eigenvalue weighted by molar-refractivity contribution is 6.32. The van der Waals surface area contributed by atoms with Crippen molar-refractivity contribution < 1.29 is 22.4 Å². The minimum absolute atomic E-state index is 0.0422. The smallest absolute Gasteiger partial charge is 0.297 e. The predicted octanol–water partition coefficient (Wildman–Crippen LogP) is 4.00. The van der Waals surface area contributed by atoms with Gasteiger partial charge in [-0.05, 0) is 36.8 Å². The number of Topliss-reactive ketones (excluding diaryl/α,β-unsaturated/α-hetero) is 1. The van der Waals surface area contributed by atoms with Crippen molar-refractivity contribution in [3.63, 3.8) is 0 Å². The van der Waals surface area contributed by atoms with Crippen molar-refractivity contribution >= 4 is 17.4 Å². The summed E-state index contributed by atoms with van der Waals surface area (Å²) in [5, 5.41) is 6.99. The van der Waals surface area contributed by atoms with Crippen LogP contribution in [0.4, 0.5) is 17.6 Å². The third-order valence-electron chi connectivity index (χ3n) is 3.86.